The molecule has 8 rings (SSSR count). The summed E-state index contributed by atoms with van der Waals surface area (Å²) in [5.74, 6) is -1.27. The lowest BCUT2D eigenvalue weighted by molar-refractivity contribution is -0.127. The molecule has 212 valence electrons. The van der Waals surface area contributed by atoms with E-state index in [1.165, 1.54) is 4.90 Å². The third kappa shape index (κ3) is 3.43. The first-order chi connectivity index (χ1) is 21.5. The van der Waals surface area contributed by atoms with E-state index in [4.69, 9.17) is 0 Å². The number of hydrogen-bond donors (Lipinski definition) is 1. The SMILES string of the molecule is O=C(c1ccccc1)c1ccc2c(c1)N1C(=O)c3ccccc3C1(C(=O)NCc1ccccc1)C1c3ccccc3C(=O)N21. The van der Waals surface area contributed by atoms with Gasteiger partial charge in [0.05, 0.1) is 11.4 Å². The summed E-state index contributed by atoms with van der Waals surface area (Å²) in [7, 11) is 0. The van der Waals surface area contributed by atoms with Crippen LogP contribution in [-0.4, -0.2) is 23.5 Å². The van der Waals surface area contributed by atoms with Gasteiger partial charge >= 0.3 is 0 Å². The van der Waals surface area contributed by atoms with Gasteiger partial charge in [0.1, 0.15) is 6.04 Å². The summed E-state index contributed by atoms with van der Waals surface area (Å²) in [6.07, 6.45) is 0. The van der Waals surface area contributed by atoms with Crippen LogP contribution in [0.1, 0.15) is 59.4 Å². The van der Waals surface area contributed by atoms with E-state index in [1.54, 1.807) is 83.8 Å². The highest BCUT2D eigenvalue weighted by atomic mass is 16.2. The van der Waals surface area contributed by atoms with Gasteiger partial charge in [-0.15, -0.1) is 0 Å². The van der Waals surface area contributed by atoms with Gasteiger partial charge in [-0.25, -0.2) is 0 Å². The van der Waals surface area contributed by atoms with Gasteiger partial charge < -0.3 is 5.32 Å². The fraction of sp³-hybridized carbons (Fsp3) is 0.0811. The number of rotatable bonds is 5. The van der Waals surface area contributed by atoms with Crippen LogP contribution in [0.3, 0.4) is 0 Å². The van der Waals surface area contributed by atoms with Crippen LogP contribution in [0.5, 0.6) is 0 Å². The van der Waals surface area contributed by atoms with E-state index in [-0.39, 0.29) is 24.1 Å². The van der Waals surface area contributed by atoms with Crippen molar-refractivity contribution in [1.82, 2.24) is 5.32 Å². The second-order valence-electron chi connectivity index (χ2n) is 11.2. The molecule has 3 aliphatic heterocycles. The molecule has 3 heterocycles. The summed E-state index contributed by atoms with van der Waals surface area (Å²) < 4.78 is 0. The number of fused-ring (bicyclic) bond motifs is 10. The monoisotopic (exact) mass is 575 g/mol. The number of carbonyl (C=O) groups is 4. The van der Waals surface area contributed by atoms with Crippen molar-refractivity contribution in [3.8, 4) is 0 Å². The fourth-order valence-corrected chi connectivity index (χ4v) is 7.01. The van der Waals surface area contributed by atoms with Crippen LogP contribution in [0.15, 0.2) is 127 Å². The van der Waals surface area contributed by atoms with Crippen molar-refractivity contribution in [2.45, 2.75) is 18.1 Å². The molecule has 0 radical (unpaired) electrons. The van der Waals surface area contributed by atoms with Gasteiger partial charge in [0.25, 0.3) is 17.7 Å². The molecule has 5 aromatic rings. The molecule has 2 unspecified atom stereocenters. The van der Waals surface area contributed by atoms with Crippen LogP contribution < -0.4 is 15.1 Å². The number of hydrogen-bond acceptors (Lipinski definition) is 4. The second-order valence-corrected chi connectivity index (χ2v) is 11.2. The van der Waals surface area contributed by atoms with Gasteiger partial charge in [-0.05, 0) is 41.5 Å². The Morgan fingerprint density at radius 3 is 2.09 bits per heavy atom. The maximum absolute atomic E-state index is 14.9. The van der Waals surface area contributed by atoms with Crippen LogP contribution in [0.25, 0.3) is 0 Å². The van der Waals surface area contributed by atoms with Crippen molar-refractivity contribution in [3.05, 3.63) is 166 Å². The molecule has 3 aliphatic rings. The summed E-state index contributed by atoms with van der Waals surface area (Å²) in [6.45, 7) is 0.229. The van der Waals surface area contributed by atoms with Gasteiger partial charge in [0.15, 0.2) is 11.3 Å². The molecule has 0 saturated heterocycles. The first kappa shape index (κ1) is 25.9. The first-order valence-corrected chi connectivity index (χ1v) is 14.4. The zero-order chi connectivity index (χ0) is 30.0. The van der Waals surface area contributed by atoms with E-state index in [9.17, 15) is 19.2 Å². The average Bonchev–Trinajstić information content (AvgIpc) is 3.53. The zero-order valence-electron chi connectivity index (χ0n) is 23.4. The summed E-state index contributed by atoms with van der Waals surface area (Å²) in [5.41, 5.74) is 2.94. The molecule has 7 nitrogen and oxygen atoms in total. The summed E-state index contributed by atoms with van der Waals surface area (Å²) in [5, 5.41) is 3.11. The Hall–Kier alpha value is -5.82. The normalized spacial score (nSPS) is 19.0. The third-order valence-electron chi connectivity index (χ3n) is 8.90. The molecule has 0 fully saturated rings. The molecule has 5 aromatic carbocycles. The minimum Gasteiger partial charge on any atom is -0.350 e. The number of amides is 3. The largest absolute Gasteiger partial charge is 0.350 e. The Labute approximate surface area is 253 Å². The highest BCUT2D eigenvalue weighted by Crippen LogP contribution is 2.61. The molecule has 0 aromatic heterocycles. The lowest BCUT2D eigenvalue weighted by atomic mass is 9.76. The summed E-state index contributed by atoms with van der Waals surface area (Å²) in [6, 6.07) is 37.0. The Bertz CT molecular complexity index is 2020. The maximum Gasteiger partial charge on any atom is 0.260 e. The predicted octanol–water partition coefficient (Wildman–Crippen LogP) is 5.80. The quantitative estimate of drug-likeness (QED) is 0.268. The van der Waals surface area contributed by atoms with Crippen molar-refractivity contribution < 1.29 is 19.2 Å². The smallest absolute Gasteiger partial charge is 0.260 e. The predicted molar refractivity (Wildman–Crippen MR) is 166 cm³/mol. The molecule has 7 heteroatoms. The second kappa shape index (κ2) is 9.61. The molecule has 2 atom stereocenters. The summed E-state index contributed by atoms with van der Waals surface area (Å²) in [4.78, 5) is 60.3. The minimum absolute atomic E-state index is 0.227. The number of carbonyl (C=O) groups excluding carboxylic acids is 4. The maximum atomic E-state index is 14.9. The number of ketones is 1. The van der Waals surface area contributed by atoms with Crippen LogP contribution in [-0.2, 0) is 16.9 Å². The standard InChI is InChI=1S/C37H25N3O4/c41-32(24-13-5-2-6-14-24)25-19-20-30-31(21-25)40-35(43)28-17-9-10-18-29(28)37(40,36(44)38-22-23-11-3-1-4-12-23)33-26-15-7-8-16-27(26)34(42)39(30)33/h1-21,33H,22H2,(H,38,44). The van der Waals surface area contributed by atoms with E-state index in [0.29, 0.717) is 44.8 Å². The molecule has 0 spiro atoms. The van der Waals surface area contributed by atoms with Crippen LogP contribution in [0.2, 0.25) is 0 Å². The van der Waals surface area contributed by atoms with E-state index >= 15 is 0 Å². The highest BCUT2D eigenvalue weighted by molar-refractivity contribution is 6.25. The third-order valence-corrected chi connectivity index (χ3v) is 8.90. The van der Waals surface area contributed by atoms with Crippen LogP contribution in [0, 0.1) is 0 Å². The minimum atomic E-state index is -1.63. The number of nitrogens with one attached hydrogen (secondary N) is 1. The topological polar surface area (TPSA) is 86.8 Å². The van der Waals surface area contributed by atoms with Gasteiger partial charge in [-0.1, -0.05) is 97.1 Å². The Balaban J connectivity index is 1.39. The van der Waals surface area contributed by atoms with Crippen LogP contribution in [0.4, 0.5) is 11.4 Å². The number of anilines is 2. The van der Waals surface area contributed by atoms with Crippen LogP contribution >= 0.6 is 0 Å². The Kier molecular flexibility index (Phi) is 5.64. The average molecular weight is 576 g/mol. The van der Waals surface area contributed by atoms with Crippen molar-refractivity contribution in [3.63, 3.8) is 0 Å². The molecule has 3 amide bonds. The molecule has 44 heavy (non-hydrogen) atoms. The Morgan fingerprint density at radius 1 is 0.659 bits per heavy atom. The van der Waals surface area contributed by atoms with Gasteiger partial charge in [-0.3, -0.25) is 29.0 Å². The Morgan fingerprint density at radius 2 is 1.32 bits per heavy atom. The van der Waals surface area contributed by atoms with E-state index in [1.807, 2.05) is 48.5 Å². The van der Waals surface area contributed by atoms with Crippen molar-refractivity contribution >= 4 is 34.9 Å². The first-order valence-electron chi connectivity index (χ1n) is 14.4. The zero-order valence-corrected chi connectivity index (χ0v) is 23.4. The molecule has 1 N–H and O–H groups in total. The van der Waals surface area contributed by atoms with E-state index < -0.39 is 17.5 Å². The van der Waals surface area contributed by atoms with Gasteiger partial charge in [0, 0.05) is 34.4 Å². The highest BCUT2D eigenvalue weighted by Gasteiger charge is 2.67. The molecular weight excluding hydrogens is 550 g/mol. The molecular formula is C37H25N3O4. The molecule has 0 saturated carbocycles. The van der Waals surface area contributed by atoms with Crippen molar-refractivity contribution in [2.24, 2.45) is 0 Å². The number of nitrogens with zero attached hydrogens (tertiary/aromatic N) is 2. The van der Waals surface area contributed by atoms with Crippen molar-refractivity contribution in [1.29, 1.82) is 0 Å². The van der Waals surface area contributed by atoms with Crippen molar-refractivity contribution in [2.75, 3.05) is 9.80 Å². The molecule has 0 bridgehead atoms. The number of benzene rings is 5. The lowest BCUT2D eigenvalue weighted by Crippen LogP contribution is -2.63. The van der Waals surface area contributed by atoms with E-state index in [2.05, 4.69) is 5.32 Å². The van der Waals surface area contributed by atoms with Gasteiger partial charge in [0.2, 0.25) is 0 Å². The van der Waals surface area contributed by atoms with E-state index in [0.717, 1.165) is 5.56 Å². The van der Waals surface area contributed by atoms with Gasteiger partial charge in [-0.2, -0.15) is 0 Å². The molecule has 0 aliphatic carbocycles. The fourth-order valence-electron chi connectivity index (χ4n) is 7.01. The summed E-state index contributed by atoms with van der Waals surface area (Å²) >= 11 is 0. The lowest BCUT2D eigenvalue weighted by Gasteiger charge is -2.50.